The Hall–Kier alpha value is -1.42. The minimum atomic E-state index is -0.304. The minimum Gasteiger partial charge on any atom is -0.325 e. The highest BCUT2D eigenvalue weighted by Gasteiger charge is 2.08. The third kappa shape index (κ3) is 1.10. The molecule has 13 heavy (non-hydrogen) atoms. The number of hydrogen-bond donors (Lipinski definition) is 1. The highest BCUT2D eigenvalue weighted by atomic mass is 19.1. The van der Waals surface area contributed by atoms with Crippen LogP contribution in [0, 0.1) is 12.9 Å². The van der Waals surface area contributed by atoms with Gasteiger partial charge in [0.15, 0.2) is 5.95 Å². The Balaban J connectivity index is 2.85. The SMILES string of the molecule is Cc1c(CN)nc2cccc(F)n12. The van der Waals surface area contributed by atoms with Crippen LogP contribution in [0.2, 0.25) is 0 Å². The second-order valence-corrected chi connectivity index (χ2v) is 2.89. The first-order valence-electron chi connectivity index (χ1n) is 4.06. The van der Waals surface area contributed by atoms with Gasteiger partial charge in [-0.25, -0.2) is 4.98 Å². The molecule has 0 aliphatic carbocycles. The summed E-state index contributed by atoms with van der Waals surface area (Å²) in [7, 11) is 0. The van der Waals surface area contributed by atoms with Gasteiger partial charge in [-0.3, -0.25) is 4.40 Å². The minimum absolute atomic E-state index is 0.304. The molecule has 2 N–H and O–H groups in total. The van der Waals surface area contributed by atoms with Crippen LogP contribution in [-0.4, -0.2) is 9.38 Å². The molecule has 2 aromatic rings. The van der Waals surface area contributed by atoms with E-state index in [-0.39, 0.29) is 5.95 Å². The van der Waals surface area contributed by atoms with Gasteiger partial charge >= 0.3 is 0 Å². The molecule has 0 bridgehead atoms. The van der Waals surface area contributed by atoms with Crippen molar-refractivity contribution in [3.8, 4) is 0 Å². The molecular weight excluding hydrogens is 169 g/mol. The van der Waals surface area contributed by atoms with Crippen molar-refractivity contribution in [3.05, 3.63) is 35.5 Å². The molecule has 0 radical (unpaired) electrons. The summed E-state index contributed by atoms with van der Waals surface area (Å²) < 4.78 is 14.7. The lowest BCUT2D eigenvalue weighted by atomic mass is 10.3. The van der Waals surface area contributed by atoms with Crippen LogP contribution in [0.4, 0.5) is 4.39 Å². The first-order chi connectivity index (χ1) is 6.24. The number of fused-ring (bicyclic) bond motifs is 1. The number of aryl methyl sites for hydroxylation is 1. The molecule has 0 unspecified atom stereocenters. The fraction of sp³-hybridized carbons (Fsp3) is 0.222. The van der Waals surface area contributed by atoms with Gasteiger partial charge < -0.3 is 5.73 Å². The monoisotopic (exact) mass is 179 g/mol. The Kier molecular flexibility index (Phi) is 1.77. The first-order valence-corrected chi connectivity index (χ1v) is 4.06. The van der Waals surface area contributed by atoms with E-state index in [0.717, 1.165) is 11.4 Å². The first kappa shape index (κ1) is 8.19. The van der Waals surface area contributed by atoms with Gasteiger partial charge in [-0.15, -0.1) is 0 Å². The Labute approximate surface area is 75.0 Å². The van der Waals surface area contributed by atoms with E-state index in [1.165, 1.54) is 10.5 Å². The van der Waals surface area contributed by atoms with Crippen molar-refractivity contribution in [2.24, 2.45) is 5.73 Å². The maximum Gasteiger partial charge on any atom is 0.199 e. The van der Waals surface area contributed by atoms with E-state index in [1.807, 2.05) is 6.92 Å². The Morgan fingerprint density at radius 1 is 1.54 bits per heavy atom. The molecule has 0 amide bonds. The largest absolute Gasteiger partial charge is 0.325 e. The number of hydrogen-bond acceptors (Lipinski definition) is 2. The van der Waals surface area contributed by atoms with E-state index in [4.69, 9.17) is 5.73 Å². The number of imidazole rings is 1. The van der Waals surface area contributed by atoms with Crippen molar-refractivity contribution in [2.45, 2.75) is 13.5 Å². The number of pyridine rings is 1. The molecule has 0 saturated carbocycles. The van der Waals surface area contributed by atoms with Gasteiger partial charge in [0.25, 0.3) is 0 Å². The van der Waals surface area contributed by atoms with E-state index < -0.39 is 0 Å². The van der Waals surface area contributed by atoms with Crippen molar-refractivity contribution in [3.63, 3.8) is 0 Å². The van der Waals surface area contributed by atoms with Crippen LogP contribution >= 0.6 is 0 Å². The van der Waals surface area contributed by atoms with Crippen molar-refractivity contribution < 1.29 is 4.39 Å². The van der Waals surface area contributed by atoms with Gasteiger partial charge in [0, 0.05) is 12.2 Å². The Morgan fingerprint density at radius 3 is 2.92 bits per heavy atom. The molecule has 0 aromatic carbocycles. The van der Waals surface area contributed by atoms with Gasteiger partial charge in [0.05, 0.1) is 5.69 Å². The highest BCUT2D eigenvalue weighted by Crippen LogP contribution is 2.12. The summed E-state index contributed by atoms with van der Waals surface area (Å²) in [6.07, 6.45) is 0. The van der Waals surface area contributed by atoms with Crippen LogP contribution < -0.4 is 5.73 Å². The average Bonchev–Trinajstić information content (AvgIpc) is 2.44. The van der Waals surface area contributed by atoms with Crippen LogP contribution in [0.3, 0.4) is 0 Å². The summed E-state index contributed by atoms with van der Waals surface area (Å²) in [5, 5.41) is 0. The fourth-order valence-corrected chi connectivity index (χ4v) is 1.43. The Bertz CT molecular complexity index is 447. The molecule has 0 aliphatic heterocycles. The zero-order chi connectivity index (χ0) is 9.42. The second-order valence-electron chi connectivity index (χ2n) is 2.89. The average molecular weight is 179 g/mol. The maximum atomic E-state index is 13.3. The fourth-order valence-electron chi connectivity index (χ4n) is 1.43. The van der Waals surface area contributed by atoms with Crippen LogP contribution in [0.5, 0.6) is 0 Å². The van der Waals surface area contributed by atoms with Gasteiger partial charge in [-0.05, 0) is 19.1 Å². The molecule has 0 saturated heterocycles. The summed E-state index contributed by atoms with van der Waals surface area (Å²) in [5.74, 6) is -0.304. The molecule has 0 spiro atoms. The molecule has 2 aromatic heterocycles. The lowest BCUT2D eigenvalue weighted by Crippen LogP contribution is -1.99. The lowest BCUT2D eigenvalue weighted by molar-refractivity contribution is 0.563. The van der Waals surface area contributed by atoms with Crippen LogP contribution in [0.25, 0.3) is 5.65 Å². The lowest BCUT2D eigenvalue weighted by Gasteiger charge is -1.97. The van der Waals surface area contributed by atoms with Gasteiger partial charge in [-0.1, -0.05) is 6.07 Å². The smallest absolute Gasteiger partial charge is 0.199 e. The Morgan fingerprint density at radius 2 is 2.31 bits per heavy atom. The predicted molar refractivity (Wildman–Crippen MR) is 47.8 cm³/mol. The molecular formula is C9H10FN3. The molecule has 4 heteroatoms. The number of rotatable bonds is 1. The zero-order valence-electron chi connectivity index (χ0n) is 7.29. The topological polar surface area (TPSA) is 43.3 Å². The molecule has 68 valence electrons. The molecule has 2 rings (SSSR count). The second kappa shape index (κ2) is 2.81. The number of halogens is 1. The number of aromatic nitrogens is 2. The van der Waals surface area contributed by atoms with Crippen molar-refractivity contribution >= 4 is 5.65 Å². The van der Waals surface area contributed by atoms with Crippen LogP contribution in [0.15, 0.2) is 18.2 Å². The summed E-state index contributed by atoms with van der Waals surface area (Å²) in [6, 6.07) is 4.80. The number of nitrogens with two attached hydrogens (primary N) is 1. The van der Waals surface area contributed by atoms with Gasteiger partial charge in [0.1, 0.15) is 5.65 Å². The summed E-state index contributed by atoms with van der Waals surface area (Å²) in [5.41, 5.74) is 7.59. The quantitative estimate of drug-likeness (QED) is 0.669. The molecule has 3 nitrogen and oxygen atoms in total. The van der Waals surface area contributed by atoms with Crippen molar-refractivity contribution in [1.82, 2.24) is 9.38 Å². The van der Waals surface area contributed by atoms with Crippen LogP contribution in [0.1, 0.15) is 11.4 Å². The highest BCUT2D eigenvalue weighted by molar-refractivity contribution is 5.43. The molecule has 0 fully saturated rings. The predicted octanol–water partition coefficient (Wildman–Crippen LogP) is 1.24. The molecule has 0 aliphatic rings. The normalized spacial score (nSPS) is 11.0. The van der Waals surface area contributed by atoms with E-state index >= 15 is 0 Å². The van der Waals surface area contributed by atoms with Crippen LogP contribution in [-0.2, 0) is 6.54 Å². The standard InChI is InChI=1S/C9H10FN3/c1-6-7(5-11)12-9-4-2-3-8(10)13(6)9/h2-4H,5,11H2,1H3. The summed E-state index contributed by atoms with van der Waals surface area (Å²) in [6.45, 7) is 2.15. The third-order valence-electron chi connectivity index (χ3n) is 2.12. The summed E-state index contributed by atoms with van der Waals surface area (Å²) in [4.78, 5) is 4.19. The van der Waals surface area contributed by atoms with E-state index in [9.17, 15) is 4.39 Å². The molecule has 2 heterocycles. The van der Waals surface area contributed by atoms with E-state index in [0.29, 0.717) is 12.2 Å². The molecule has 0 atom stereocenters. The van der Waals surface area contributed by atoms with Crippen molar-refractivity contribution in [1.29, 1.82) is 0 Å². The third-order valence-corrected chi connectivity index (χ3v) is 2.12. The van der Waals surface area contributed by atoms with Gasteiger partial charge in [0.2, 0.25) is 0 Å². The van der Waals surface area contributed by atoms with E-state index in [2.05, 4.69) is 4.98 Å². The number of nitrogens with zero attached hydrogens (tertiary/aromatic N) is 2. The summed E-state index contributed by atoms with van der Waals surface area (Å²) >= 11 is 0. The maximum absolute atomic E-state index is 13.3. The van der Waals surface area contributed by atoms with Gasteiger partial charge in [-0.2, -0.15) is 4.39 Å². The van der Waals surface area contributed by atoms with E-state index in [1.54, 1.807) is 12.1 Å². The van der Waals surface area contributed by atoms with Crippen molar-refractivity contribution in [2.75, 3.05) is 0 Å². The zero-order valence-corrected chi connectivity index (χ0v) is 7.29.